The van der Waals surface area contributed by atoms with Gasteiger partial charge < -0.3 is 9.32 Å². The molecule has 0 atom stereocenters. The number of aromatic amines is 1. The lowest BCUT2D eigenvalue weighted by Gasteiger charge is -2.30. The number of aryl methyl sites for hydroxylation is 2. The number of rotatable bonds is 3. The Morgan fingerprint density at radius 2 is 2.24 bits per heavy atom. The molecule has 0 saturated carbocycles. The molecular weight excluding hydrogens is 268 g/mol. The molecule has 0 unspecified atom stereocenters. The Labute approximate surface area is 123 Å². The molecule has 2 aromatic rings. The van der Waals surface area contributed by atoms with E-state index in [0.29, 0.717) is 11.7 Å². The van der Waals surface area contributed by atoms with Gasteiger partial charge in [-0.3, -0.25) is 9.89 Å². The normalized spacial score (nSPS) is 16.4. The molecule has 21 heavy (non-hydrogen) atoms. The monoisotopic (exact) mass is 288 g/mol. The van der Waals surface area contributed by atoms with E-state index in [9.17, 15) is 4.79 Å². The van der Waals surface area contributed by atoms with Crippen molar-refractivity contribution >= 4 is 5.91 Å². The Morgan fingerprint density at radius 1 is 1.48 bits per heavy atom. The van der Waals surface area contributed by atoms with E-state index in [1.165, 1.54) is 0 Å². The minimum absolute atomic E-state index is 0.0137. The number of H-pyrrole nitrogens is 1. The van der Waals surface area contributed by atoms with Crippen molar-refractivity contribution in [3.63, 3.8) is 0 Å². The van der Waals surface area contributed by atoms with Crippen LogP contribution in [0, 0.1) is 6.92 Å². The predicted octanol–water partition coefficient (Wildman–Crippen LogP) is 2.29. The zero-order valence-electron chi connectivity index (χ0n) is 12.4. The van der Waals surface area contributed by atoms with Crippen LogP contribution in [0.3, 0.4) is 0 Å². The van der Waals surface area contributed by atoms with E-state index < -0.39 is 0 Å². The molecule has 0 bridgehead atoms. The third-order valence-corrected chi connectivity index (χ3v) is 4.09. The second-order valence-corrected chi connectivity index (χ2v) is 5.49. The number of hydrogen-bond donors (Lipinski definition) is 1. The number of amides is 1. The first-order valence-electron chi connectivity index (χ1n) is 7.43. The summed E-state index contributed by atoms with van der Waals surface area (Å²) in [7, 11) is 0. The van der Waals surface area contributed by atoms with Crippen LogP contribution in [0.1, 0.15) is 53.5 Å². The molecule has 3 heterocycles. The molecule has 6 heteroatoms. The van der Waals surface area contributed by atoms with Gasteiger partial charge in [0.1, 0.15) is 5.82 Å². The highest BCUT2D eigenvalue weighted by molar-refractivity contribution is 5.92. The van der Waals surface area contributed by atoms with Gasteiger partial charge in [-0.15, -0.1) is 0 Å². The quantitative estimate of drug-likeness (QED) is 0.940. The zero-order valence-corrected chi connectivity index (χ0v) is 12.4. The lowest BCUT2D eigenvalue weighted by Crippen LogP contribution is -2.38. The molecule has 0 spiro atoms. The van der Waals surface area contributed by atoms with Crippen molar-refractivity contribution in [1.29, 1.82) is 0 Å². The molecule has 1 aliphatic rings. The third kappa shape index (κ3) is 2.70. The van der Waals surface area contributed by atoms with Crippen LogP contribution in [0.2, 0.25) is 0 Å². The molecule has 1 aliphatic heterocycles. The van der Waals surface area contributed by atoms with E-state index in [0.717, 1.165) is 49.6 Å². The molecule has 0 radical (unpaired) electrons. The second-order valence-electron chi connectivity index (χ2n) is 5.49. The summed E-state index contributed by atoms with van der Waals surface area (Å²) in [4.78, 5) is 18.7. The lowest BCUT2D eigenvalue weighted by molar-refractivity contribution is 0.0678. The first-order valence-corrected chi connectivity index (χ1v) is 7.43. The van der Waals surface area contributed by atoms with E-state index in [1.54, 1.807) is 6.26 Å². The fourth-order valence-corrected chi connectivity index (χ4v) is 2.73. The number of carbonyl (C=O) groups excluding carboxylic acids is 1. The molecule has 2 aromatic heterocycles. The fraction of sp³-hybridized carbons (Fsp3) is 0.533. The van der Waals surface area contributed by atoms with E-state index >= 15 is 0 Å². The summed E-state index contributed by atoms with van der Waals surface area (Å²) >= 11 is 0. The highest BCUT2D eigenvalue weighted by Crippen LogP contribution is 2.26. The minimum atomic E-state index is -0.0137. The largest absolute Gasteiger partial charge is 0.459 e. The van der Waals surface area contributed by atoms with Gasteiger partial charge in [0.15, 0.2) is 11.6 Å². The molecule has 0 aromatic carbocycles. The number of nitrogens with one attached hydrogen (secondary N) is 1. The van der Waals surface area contributed by atoms with Crippen LogP contribution in [0.5, 0.6) is 0 Å². The highest BCUT2D eigenvalue weighted by atomic mass is 16.3. The van der Waals surface area contributed by atoms with Crippen molar-refractivity contribution in [2.24, 2.45) is 0 Å². The van der Waals surface area contributed by atoms with Gasteiger partial charge in [0.05, 0.1) is 6.26 Å². The van der Waals surface area contributed by atoms with Gasteiger partial charge in [0.25, 0.3) is 5.91 Å². The zero-order chi connectivity index (χ0) is 14.8. The molecular formula is C15H20N4O2. The Balaban J connectivity index is 1.62. The summed E-state index contributed by atoms with van der Waals surface area (Å²) in [5.74, 6) is 2.59. The van der Waals surface area contributed by atoms with E-state index in [4.69, 9.17) is 4.42 Å². The summed E-state index contributed by atoms with van der Waals surface area (Å²) in [5, 5.41) is 7.25. The molecule has 1 N–H and O–H groups in total. The summed E-state index contributed by atoms with van der Waals surface area (Å²) in [6.07, 6.45) is 4.22. The maximum atomic E-state index is 12.4. The predicted molar refractivity (Wildman–Crippen MR) is 77.1 cm³/mol. The second kappa shape index (κ2) is 5.71. The van der Waals surface area contributed by atoms with Crippen LogP contribution in [0.15, 0.2) is 16.7 Å². The van der Waals surface area contributed by atoms with Gasteiger partial charge in [-0.2, -0.15) is 5.10 Å². The SMILES string of the molecule is CCc1nc(C2CCN(C(=O)c3occc3C)CC2)n[nH]1. The van der Waals surface area contributed by atoms with Crippen LogP contribution >= 0.6 is 0 Å². The molecule has 1 fully saturated rings. The van der Waals surface area contributed by atoms with Crippen molar-refractivity contribution in [3.05, 3.63) is 35.3 Å². The maximum Gasteiger partial charge on any atom is 0.289 e. The number of likely N-dealkylation sites (tertiary alicyclic amines) is 1. The lowest BCUT2D eigenvalue weighted by atomic mass is 9.96. The van der Waals surface area contributed by atoms with Gasteiger partial charge in [0, 0.05) is 31.0 Å². The van der Waals surface area contributed by atoms with Crippen molar-refractivity contribution in [2.75, 3.05) is 13.1 Å². The maximum absolute atomic E-state index is 12.4. The van der Waals surface area contributed by atoms with Gasteiger partial charge in [0.2, 0.25) is 0 Å². The summed E-state index contributed by atoms with van der Waals surface area (Å²) in [5.41, 5.74) is 0.892. The number of hydrogen-bond acceptors (Lipinski definition) is 4. The van der Waals surface area contributed by atoms with Crippen LogP contribution in [-0.4, -0.2) is 39.1 Å². The van der Waals surface area contributed by atoms with Gasteiger partial charge in [-0.05, 0) is 25.8 Å². The fourth-order valence-electron chi connectivity index (χ4n) is 2.73. The van der Waals surface area contributed by atoms with Crippen molar-refractivity contribution in [3.8, 4) is 0 Å². The van der Waals surface area contributed by atoms with E-state index in [1.807, 2.05) is 17.9 Å². The van der Waals surface area contributed by atoms with Gasteiger partial charge in [-0.25, -0.2) is 4.98 Å². The number of furan rings is 1. The summed E-state index contributed by atoms with van der Waals surface area (Å²) in [6.45, 7) is 5.39. The minimum Gasteiger partial charge on any atom is -0.459 e. The summed E-state index contributed by atoms with van der Waals surface area (Å²) < 4.78 is 5.29. The Hall–Kier alpha value is -2.11. The number of nitrogens with zero attached hydrogens (tertiary/aromatic N) is 3. The highest BCUT2D eigenvalue weighted by Gasteiger charge is 2.28. The first-order chi connectivity index (χ1) is 10.2. The number of piperidine rings is 1. The number of aromatic nitrogens is 3. The molecule has 0 aliphatic carbocycles. The molecule has 3 rings (SSSR count). The molecule has 112 valence electrons. The smallest absolute Gasteiger partial charge is 0.289 e. The van der Waals surface area contributed by atoms with E-state index in [2.05, 4.69) is 22.1 Å². The van der Waals surface area contributed by atoms with Gasteiger partial charge in [-0.1, -0.05) is 6.92 Å². The third-order valence-electron chi connectivity index (χ3n) is 4.09. The van der Waals surface area contributed by atoms with Crippen LogP contribution in [-0.2, 0) is 6.42 Å². The van der Waals surface area contributed by atoms with Gasteiger partial charge >= 0.3 is 0 Å². The Bertz CT molecular complexity index is 623. The molecule has 1 saturated heterocycles. The van der Waals surface area contributed by atoms with E-state index in [-0.39, 0.29) is 5.91 Å². The molecule has 1 amide bonds. The Morgan fingerprint density at radius 3 is 2.81 bits per heavy atom. The first kappa shape index (κ1) is 13.9. The van der Waals surface area contributed by atoms with Crippen LogP contribution in [0.4, 0.5) is 0 Å². The van der Waals surface area contributed by atoms with Crippen molar-refractivity contribution < 1.29 is 9.21 Å². The van der Waals surface area contributed by atoms with Crippen LogP contribution in [0.25, 0.3) is 0 Å². The van der Waals surface area contributed by atoms with Crippen LogP contribution < -0.4 is 0 Å². The van der Waals surface area contributed by atoms with Crippen molar-refractivity contribution in [1.82, 2.24) is 20.1 Å². The van der Waals surface area contributed by atoms with Crippen molar-refractivity contribution in [2.45, 2.75) is 39.0 Å². The number of carbonyl (C=O) groups is 1. The molecule has 6 nitrogen and oxygen atoms in total. The summed E-state index contributed by atoms with van der Waals surface area (Å²) in [6, 6.07) is 1.82. The Kier molecular flexibility index (Phi) is 3.77. The average molecular weight is 288 g/mol. The topological polar surface area (TPSA) is 75.0 Å². The standard InChI is InChI=1S/C15H20N4O2/c1-3-12-16-14(18-17-12)11-4-7-19(8-5-11)15(20)13-10(2)6-9-21-13/h6,9,11H,3-5,7-8H2,1-2H3,(H,16,17,18). The average Bonchev–Trinajstić information content (AvgIpc) is 3.15.